The number of aliphatic hydroxyl groups is 1. The molecule has 0 amide bonds. The van der Waals surface area contributed by atoms with Gasteiger partial charge in [-0.2, -0.15) is 0 Å². The van der Waals surface area contributed by atoms with Gasteiger partial charge >= 0.3 is 0 Å². The van der Waals surface area contributed by atoms with E-state index in [1.807, 2.05) is 19.9 Å². The van der Waals surface area contributed by atoms with Crippen molar-refractivity contribution in [1.29, 1.82) is 0 Å². The zero-order chi connectivity index (χ0) is 23.9. The van der Waals surface area contributed by atoms with E-state index in [-0.39, 0.29) is 10.7 Å². The Hall–Kier alpha value is -2.53. The van der Waals surface area contributed by atoms with E-state index in [1.165, 1.54) is 16.7 Å². The Morgan fingerprint density at radius 2 is 1.09 bits per heavy atom. The SMILES string of the molecule is CC.CC(C)CNCC(O)C(Cc1ccccc1)N(Cc1ccccc1)Cc1ccccc1.F. The van der Waals surface area contributed by atoms with Crippen LogP contribution in [0.4, 0.5) is 4.70 Å². The largest absolute Gasteiger partial charge is 0.390 e. The van der Waals surface area contributed by atoms with E-state index in [0.717, 1.165) is 26.1 Å². The summed E-state index contributed by atoms with van der Waals surface area (Å²) < 4.78 is 0. The summed E-state index contributed by atoms with van der Waals surface area (Å²) in [5.74, 6) is 0.560. The number of nitrogens with one attached hydrogen (secondary N) is 1. The van der Waals surface area contributed by atoms with Gasteiger partial charge in [-0.05, 0) is 35.6 Å². The second-order valence-corrected chi connectivity index (χ2v) is 8.75. The molecule has 3 aromatic carbocycles. The zero-order valence-corrected chi connectivity index (χ0v) is 21.2. The molecule has 0 aliphatic carbocycles. The molecule has 0 aliphatic heterocycles. The lowest BCUT2D eigenvalue weighted by atomic mass is 9.97. The molecule has 0 heterocycles. The molecule has 0 saturated heterocycles. The van der Waals surface area contributed by atoms with Crippen LogP contribution in [0.5, 0.6) is 0 Å². The van der Waals surface area contributed by atoms with E-state index < -0.39 is 6.10 Å². The quantitative estimate of drug-likeness (QED) is 0.339. The van der Waals surface area contributed by atoms with E-state index in [0.29, 0.717) is 12.5 Å². The third kappa shape index (κ3) is 10.6. The van der Waals surface area contributed by atoms with E-state index >= 15 is 0 Å². The van der Waals surface area contributed by atoms with Crippen LogP contribution in [0.2, 0.25) is 0 Å². The fourth-order valence-electron chi connectivity index (χ4n) is 3.95. The van der Waals surface area contributed by atoms with Crippen LogP contribution < -0.4 is 5.32 Å². The number of benzene rings is 3. The number of hydrogen-bond donors (Lipinski definition) is 2. The van der Waals surface area contributed by atoms with Crippen molar-refractivity contribution < 1.29 is 9.81 Å². The maximum Gasteiger partial charge on any atom is 0.0822 e. The van der Waals surface area contributed by atoms with Crippen molar-refractivity contribution in [1.82, 2.24) is 10.2 Å². The fourth-order valence-corrected chi connectivity index (χ4v) is 3.95. The molecule has 34 heavy (non-hydrogen) atoms. The molecule has 3 aromatic rings. The van der Waals surface area contributed by atoms with Gasteiger partial charge in [0, 0.05) is 25.7 Å². The average molecular weight is 467 g/mol. The minimum atomic E-state index is -0.466. The van der Waals surface area contributed by atoms with Gasteiger partial charge in [0.1, 0.15) is 0 Å². The molecule has 2 atom stereocenters. The minimum Gasteiger partial charge on any atom is -0.390 e. The second kappa shape index (κ2) is 17.0. The lowest BCUT2D eigenvalue weighted by molar-refractivity contribution is 0.0390. The van der Waals surface area contributed by atoms with Gasteiger partial charge in [0.05, 0.1) is 6.10 Å². The summed E-state index contributed by atoms with van der Waals surface area (Å²) in [6.45, 7) is 11.5. The maximum absolute atomic E-state index is 11.3. The summed E-state index contributed by atoms with van der Waals surface area (Å²) in [4.78, 5) is 2.43. The molecule has 0 bridgehead atoms. The van der Waals surface area contributed by atoms with Crippen LogP contribution in [0.1, 0.15) is 44.4 Å². The van der Waals surface area contributed by atoms with Gasteiger partial charge < -0.3 is 10.4 Å². The van der Waals surface area contributed by atoms with Gasteiger partial charge in [-0.15, -0.1) is 0 Å². The molecule has 0 spiro atoms. The van der Waals surface area contributed by atoms with Gasteiger partial charge in [-0.3, -0.25) is 9.60 Å². The lowest BCUT2D eigenvalue weighted by Gasteiger charge is -2.36. The molecule has 0 aromatic heterocycles. The molecule has 0 aliphatic rings. The van der Waals surface area contributed by atoms with Crippen LogP contribution in [-0.2, 0) is 19.5 Å². The Morgan fingerprint density at radius 1 is 0.676 bits per heavy atom. The van der Waals surface area contributed by atoms with Crippen LogP contribution in [0.3, 0.4) is 0 Å². The van der Waals surface area contributed by atoms with E-state index in [4.69, 9.17) is 0 Å². The highest BCUT2D eigenvalue weighted by Crippen LogP contribution is 2.19. The smallest absolute Gasteiger partial charge is 0.0822 e. The number of rotatable bonds is 12. The van der Waals surface area contributed by atoms with E-state index in [2.05, 4.69) is 109 Å². The molecular formula is C30H43FN2O. The second-order valence-electron chi connectivity index (χ2n) is 8.75. The monoisotopic (exact) mass is 466 g/mol. The van der Waals surface area contributed by atoms with Crippen molar-refractivity contribution in [3.63, 3.8) is 0 Å². The van der Waals surface area contributed by atoms with Crippen LogP contribution >= 0.6 is 0 Å². The number of halogens is 1. The van der Waals surface area contributed by atoms with Gasteiger partial charge in [-0.1, -0.05) is 119 Å². The van der Waals surface area contributed by atoms with Gasteiger partial charge in [0.15, 0.2) is 0 Å². The molecule has 3 rings (SSSR count). The van der Waals surface area contributed by atoms with E-state index in [9.17, 15) is 5.11 Å². The Bertz CT molecular complexity index is 817. The molecule has 2 unspecified atom stereocenters. The first-order chi connectivity index (χ1) is 16.1. The fraction of sp³-hybridized carbons (Fsp3) is 0.400. The Kier molecular flexibility index (Phi) is 14.7. The molecule has 0 radical (unpaired) electrons. The molecular weight excluding hydrogens is 423 g/mol. The molecule has 0 saturated carbocycles. The normalized spacial score (nSPS) is 12.4. The highest BCUT2D eigenvalue weighted by atomic mass is 19.0. The third-order valence-corrected chi connectivity index (χ3v) is 5.56. The Morgan fingerprint density at radius 3 is 1.50 bits per heavy atom. The summed E-state index contributed by atoms with van der Waals surface area (Å²) >= 11 is 0. The topological polar surface area (TPSA) is 35.5 Å². The van der Waals surface area contributed by atoms with Gasteiger partial charge in [0.2, 0.25) is 0 Å². The molecule has 186 valence electrons. The first-order valence-corrected chi connectivity index (χ1v) is 12.4. The number of hydrogen-bond acceptors (Lipinski definition) is 3. The molecule has 2 N–H and O–H groups in total. The maximum atomic E-state index is 11.3. The lowest BCUT2D eigenvalue weighted by Crippen LogP contribution is -2.48. The molecule has 0 fully saturated rings. The van der Waals surface area contributed by atoms with Crippen molar-refractivity contribution in [2.45, 2.75) is 59.4 Å². The highest BCUT2D eigenvalue weighted by molar-refractivity contribution is 5.20. The van der Waals surface area contributed by atoms with Crippen molar-refractivity contribution in [3.05, 3.63) is 108 Å². The summed E-state index contributed by atoms with van der Waals surface area (Å²) in [5, 5.41) is 14.8. The zero-order valence-electron chi connectivity index (χ0n) is 21.2. The van der Waals surface area contributed by atoms with Crippen molar-refractivity contribution in [3.8, 4) is 0 Å². The Labute approximate surface area is 206 Å². The highest BCUT2D eigenvalue weighted by Gasteiger charge is 2.27. The predicted octanol–water partition coefficient (Wildman–Crippen LogP) is 6.09. The van der Waals surface area contributed by atoms with E-state index in [1.54, 1.807) is 0 Å². The van der Waals surface area contributed by atoms with Gasteiger partial charge in [-0.25, -0.2) is 0 Å². The molecule has 4 heteroatoms. The predicted molar refractivity (Wildman–Crippen MR) is 144 cm³/mol. The van der Waals surface area contributed by atoms with Crippen LogP contribution in [0, 0.1) is 5.92 Å². The summed E-state index contributed by atoms with van der Waals surface area (Å²) in [7, 11) is 0. The third-order valence-electron chi connectivity index (χ3n) is 5.56. The van der Waals surface area contributed by atoms with Crippen molar-refractivity contribution in [2.75, 3.05) is 13.1 Å². The standard InChI is InChI=1S/C28H36N2O.C2H6.FH/c1-23(2)19-29-20-28(31)27(18-24-12-6-3-7-13-24)30(21-25-14-8-4-9-15-25)22-26-16-10-5-11-17-26;1-2;/h3-17,23,27-29,31H,18-22H2,1-2H3;1-2H3;1H. The molecule has 3 nitrogen and oxygen atoms in total. The number of nitrogens with zero attached hydrogens (tertiary/aromatic N) is 1. The van der Waals surface area contributed by atoms with Crippen molar-refractivity contribution >= 4 is 0 Å². The summed E-state index contributed by atoms with van der Waals surface area (Å²) in [6, 6.07) is 31.6. The minimum absolute atomic E-state index is 0. The summed E-state index contributed by atoms with van der Waals surface area (Å²) in [5.41, 5.74) is 3.78. The summed E-state index contributed by atoms with van der Waals surface area (Å²) in [6.07, 6.45) is 0.344. The van der Waals surface area contributed by atoms with Gasteiger partial charge in [0.25, 0.3) is 0 Å². The number of aliphatic hydroxyl groups excluding tert-OH is 1. The van der Waals surface area contributed by atoms with Crippen molar-refractivity contribution in [2.24, 2.45) is 5.92 Å². The first kappa shape index (κ1) is 29.5. The average Bonchev–Trinajstić information content (AvgIpc) is 2.85. The van der Waals surface area contributed by atoms with Crippen LogP contribution in [0.25, 0.3) is 0 Å². The first-order valence-electron chi connectivity index (χ1n) is 12.4. The van der Waals surface area contributed by atoms with Crippen LogP contribution in [0.15, 0.2) is 91.0 Å². The van der Waals surface area contributed by atoms with Crippen LogP contribution in [-0.4, -0.2) is 35.2 Å². The Balaban J connectivity index is 0.00000188.